The first-order valence-electron chi connectivity index (χ1n) is 19.5. The van der Waals surface area contributed by atoms with Crippen molar-refractivity contribution in [3.05, 3.63) is 229 Å². The molecule has 0 fully saturated rings. The van der Waals surface area contributed by atoms with Gasteiger partial charge in [0.1, 0.15) is 0 Å². The average molecular weight is 707 g/mol. The number of hydrogen-bond acceptors (Lipinski definition) is 2. The Bertz CT molecular complexity index is 2440. The summed E-state index contributed by atoms with van der Waals surface area (Å²) in [6, 6.07) is 75.4. The van der Waals surface area contributed by atoms with E-state index >= 15 is 0 Å². The summed E-state index contributed by atoms with van der Waals surface area (Å²) in [6.07, 6.45) is 4.46. The molecule has 0 aromatic heterocycles. The van der Waals surface area contributed by atoms with Crippen molar-refractivity contribution in [2.24, 2.45) is 0 Å². The fraction of sp³-hybridized carbons (Fsp3) is 0.0943. The molecule has 0 saturated heterocycles. The predicted octanol–water partition coefficient (Wildman–Crippen LogP) is 14.1. The van der Waals surface area contributed by atoms with E-state index in [0.29, 0.717) is 0 Å². The SMILES string of the molecule is c1ccc(-c2ccc(N(c3ccc(-c4ccccc4)cc3)c3ccc4c(c3)[C@]3(CCc5ccc(N(c6ccccc6)c6ccccc6)cc53)CC4)cc2)cc1. The molecule has 1 spiro atoms. The topological polar surface area (TPSA) is 6.48 Å². The number of para-hydroxylation sites is 2. The van der Waals surface area contributed by atoms with Gasteiger partial charge in [-0.15, -0.1) is 0 Å². The lowest BCUT2D eigenvalue weighted by Gasteiger charge is -2.31. The van der Waals surface area contributed by atoms with Gasteiger partial charge in [0.15, 0.2) is 0 Å². The maximum Gasteiger partial charge on any atom is 0.0464 e. The van der Waals surface area contributed by atoms with E-state index in [1.165, 1.54) is 67.3 Å². The van der Waals surface area contributed by atoms with Gasteiger partial charge in [-0.2, -0.15) is 0 Å². The van der Waals surface area contributed by atoms with E-state index in [1.807, 2.05) is 0 Å². The third-order valence-corrected chi connectivity index (χ3v) is 11.9. The van der Waals surface area contributed by atoms with Gasteiger partial charge in [0.2, 0.25) is 0 Å². The zero-order chi connectivity index (χ0) is 36.6. The normalized spacial score (nSPS) is 15.4. The lowest BCUT2D eigenvalue weighted by molar-refractivity contribution is 0.507. The van der Waals surface area contributed by atoms with Crippen LogP contribution in [0.4, 0.5) is 34.1 Å². The third kappa shape index (κ3) is 6.01. The van der Waals surface area contributed by atoms with Gasteiger partial charge >= 0.3 is 0 Å². The molecule has 55 heavy (non-hydrogen) atoms. The Hall–Kier alpha value is -6.64. The summed E-state index contributed by atoms with van der Waals surface area (Å²) < 4.78 is 0. The highest BCUT2D eigenvalue weighted by Gasteiger charge is 2.45. The van der Waals surface area contributed by atoms with Crippen LogP contribution in [0.3, 0.4) is 0 Å². The highest BCUT2D eigenvalue weighted by atomic mass is 15.1. The molecule has 0 amide bonds. The maximum atomic E-state index is 2.52. The number of aryl methyl sites for hydroxylation is 2. The second-order valence-corrected chi connectivity index (χ2v) is 14.9. The van der Waals surface area contributed by atoms with Crippen molar-refractivity contribution in [2.75, 3.05) is 9.80 Å². The predicted molar refractivity (Wildman–Crippen MR) is 231 cm³/mol. The first-order chi connectivity index (χ1) is 27.2. The number of hydrogen-bond donors (Lipinski definition) is 0. The van der Waals surface area contributed by atoms with Crippen molar-refractivity contribution in [1.82, 2.24) is 0 Å². The van der Waals surface area contributed by atoms with E-state index in [2.05, 4.69) is 216 Å². The molecular weight excluding hydrogens is 665 g/mol. The van der Waals surface area contributed by atoms with Crippen molar-refractivity contribution in [3.63, 3.8) is 0 Å². The van der Waals surface area contributed by atoms with Crippen molar-refractivity contribution in [2.45, 2.75) is 31.1 Å². The van der Waals surface area contributed by atoms with Gasteiger partial charge in [0.25, 0.3) is 0 Å². The Morgan fingerprint density at radius 3 is 0.982 bits per heavy atom. The summed E-state index contributed by atoms with van der Waals surface area (Å²) in [7, 11) is 0. The van der Waals surface area contributed by atoms with Crippen LogP contribution in [0.15, 0.2) is 206 Å². The molecule has 0 N–H and O–H groups in total. The maximum absolute atomic E-state index is 2.52. The monoisotopic (exact) mass is 706 g/mol. The van der Waals surface area contributed by atoms with Crippen molar-refractivity contribution >= 4 is 34.1 Å². The van der Waals surface area contributed by atoms with Crippen LogP contribution in [-0.2, 0) is 18.3 Å². The summed E-state index contributed by atoms with van der Waals surface area (Å²) in [5.74, 6) is 0. The highest BCUT2D eigenvalue weighted by molar-refractivity contribution is 5.82. The Morgan fingerprint density at radius 1 is 0.291 bits per heavy atom. The summed E-state index contributed by atoms with van der Waals surface area (Å²) >= 11 is 0. The van der Waals surface area contributed by atoms with E-state index < -0.39 is 0 Å². The zero-order valence-electron chi connectivity index (χ0n) is 30.9. The van der Waals surface area contributed by atoms with E-state index in [1.54, 1.807) is 0 Å². The molecule has 0 heterocycles. The number of benzene rings is 8. The standard InChI is InChI=1S/C53H42N2/c1-5-13-39(14-6-1)41-21-27-47(28-22-41)55(48-29-23-42(24-30-48)40-15-7-2-8-16-40)50-32-26-44-34-36-53(52(44)38-50)35-33-43-25-31-49(37-51(43)53)54(45-17-9-3-10-18-45)46-19-11-4-12-20-46/h1-32,37-38H,33-36H2/t53-/m1/s1. The first kappa shape index (κ1) is 33.0. The molecule has 2 heteroatoms. The Labute approximate surface area is 324 Å². The number of anilines is 6. The Balaban J connectivity index is 1.07. The van der Waals surface area contributed by atoms with Gasteiger partial charge in [0.05, 0.1) is 0 Å². The van der Waals surface area contributed by atoms with E-state index in [4.69, 9.17) is 0 Å². The molecule has 2 aliphatic carbocycles. The molecule has 10 rings (SSSR count). The largest absolute Gasteiger partial charge is 0.310 e. The van der Waals surface area contributed by atoms with Crippen LogP contribution in [-0.4, -0.2) is 0 Å². The molecular formula is C53H42N2. The van der Waals surface area contributed by atoms with Crippen LogP contribution < -0.4 is 9.80 Å². The minimum atomic E-state index is -0.0181. The minimum Gasteiger partial charge on any atom is -0.310 e. The Morgan fingerprint density at radius 2 is 0.600 bits per heavy atom. The van der Waals surface area contributed by atoms with Gasteiger partial charge in [-0.1, -0.05) is 133 Å². The lowest BCUT2D eigenvalue weighted by Crippen LogP contribution is -2.22. The molecule has 264 valence electrons. The molecule has 8 aromatic carbocycles. The summed E-state index contributed by atoms with van der Waals surface area (Å²) in [5, 5.41) is 0. The molecule has 2 aliphatic rings. The second-order valence-electron chi connectivity index (χ2n) is 14.9. The summed E-state index contributed by atoms with van der Waals surface area (Å²) in [6.45, 7) is 0. The van der Waals surface area contributed by atoms with Gasteiger partial charge < -0.3 is 9.80 Å². The molecule has 0 unspecified atom stereocenters. The molecule has 0 saturated carbocycles. The molecule has 0 aliphatic heterocycles. The number of rotatable bonds is 8. The van der Waals surface area contributed by atoms with Crippen LogP contribution in [0.2, 0.25) is 0 Å². The fourth-order valence-corrected chi connectivity index (χ4v) is 9.15. The van der Waals surface area contributed by atoms with E-state index in [9.17, 15) is 0 Å². The zero-order valence-corrected chi connectivity index (χ0v) is 30.9. The van der Waals surface area contributed by atoms with Crippen molar-refractivity contribution < 1.29 is 0 Å². The van der Waals surface area contributed by atoms with Gasteiger partial charge in [-0.3, -0.25) is 0 Å². The number of nitrogens with zero attached hydrogens (tertiary/aromatic N) is 2. The third-order valence-electron chi connectivity index (χ3n) is 11.9. The quantitative estimate of drug-likeness (QED) is 0.155. The smallest absolute Gasteiger partial charge is 0.0464 e. The lowest BCUT2D eigenvalue weighted by atomic mass is 9.76. The fourth-order valence-electron chi connectivity index (χ4n) is 9.15. The van der Waals surface area contributed by atoms with Gasteiger partial charge in [-0.05, 0) is 143 Å². The molecule has 1 atom stereocenters. The number of fused-ring (bicyclic) bond motifs is 4. The molecule has 2 nitrogen and oxygen atoms in total. The van der Waals surface area contributed by atoms with Crippen LogP contribution in [0.1, 0.15) is 35.1 Å². The second kappa shape index (κ2) is 14.0. The Kier molecular flexibility index (Phi) is 8.37. The van der Waals surface area contributed by atoms with Crippen LogP contribution in [0.5, 0.6) is 0 Å². The van der Waals surface area contributed by atoms with Gasteiger partial charge in [0, 0.05) is 39.5 Å². The van der Waals surface area contributed by atoms with Gasteiger partial charge in [-0.25, -0.2) is 0 Å². The first-order valence-corrected chi connectivity index (χ1v) is 19.5. The summed E-state index contributed by atoms with van der Waals surface area (Å²) in [4.78, 5) is 4.84. The van der Waals surface area contributed by atoms with Crippen molar-refractivity contribution in [3.8, 4) is 22.3 Å². The summed E-state index contributed by atoms with van der Waals surface area (Å²) in [5.41, 5.74) is 17.8. The van der Waals surface area contributed by atoms with E-state index in [-0.39, 0.29) is 5.41 Å². The minimum absolute atomic E-state index is 0.0181. The molecule has 0 radical (unpaired) electrons. The van der Waals surface area contributed by atoms with Crippen LogP contribution >= 0.6 is 0 Å². The average Bonchev–Trinajstić information content (AvgIpc) is 3.83. The van der Waals surface area contributed by atoms with Crippen LogP contribution in [0.25, 0.3) is 22.3 Å². The van der Waals surface area contributed by atoms with Crippen LogP contribution in [0, 0.1) is 0 Å². The molecule has 0 bridgehead atoms. The molecule has 8 aromatic rings. The van der Waals surface area contributed by atoms with Crippen molar-refractivity contribution in [1.29, 1.82) is 0 Å². The van der Waals surface area contributed by atoms with E-state index in [0.717, 1.165) is 37.1 Å². The highest BCUT2D eigenvalue weighted by Crippen LogP contribution is 2.55.